The Labute approximate surface area is 189 Å². The Morgan fingerprint density at radius 1 is 1.09 bits per heavy atom. The van der Waals surface area contributed by atoms with Gasteiger partial charge < -0.3 is 14.8 Å². The zero-order valence-electron chi connectivity index (χ0n) is 18.3. The van der Waals surface area contributed by atoms with Crippen molar-refractivity contribution in [1.29, 1.82) is 0 Å². The Bertz CT molecular complexity index is 1070. The molecule has 0 radical (unpaired) electrons. The highest BCUT2D eigenvalue weighted by Gasteiger charge is 2.28. The van der Waals surface area contributed by atoms with Crippen molar-refractivity contribution in [2.45, 2.75) is 46.8 Å². The van der Waals surface area contributed by atoms with Crippen LogP contribution >= 0.6 is 11.3 Å². The van der Waals surface area contributed by atoms with Crippen LogP contribution in [0.2, 0.25) is 0 Å². The van der Waals surface area contributed by atoms with E-state index in [1.165, 1.54) is 30.4 Å². The molecule has 0 bridgehead atoms. The number of nitrogens with one attached hydrogen (secondary N) is 1. The third-order valence-corrected chi connectivity index (χ3v) is 5.15. The van der Waals surface area contributed by atoms with Crippen molar-refractivity contribution in [3.63, 3.8) is 0 Å². The van der Waals surface area contributed by atoms with Gasteiger partial charge in [-0.3, -0.25) is 14.9 Å². The molecule has 170 valence electrons. The van der Waals surface area contributed by atoms with E-state index in [-0.39, 0.29) is 27.2 Å². The van der Waals surface area contributed by atoms with Crippen LogP contribution < -0.4 is 5.32 Å². The summed E-state index contributed by atoms with van der Waals surface area (Å²) in [6.07, 6.45) is 1.83. The number of nitrogens with zero attached hydrogens (tertiary/aromatic N) is 1. The Balaban J connectivity index is 2.33. The number of rotatable bonds is 8. The van der Waals surface area contributed by atoms with Crippen molar-refractivity contribution in [2.75, 3.05) is 5.32 Å². The maximum atomic E-state index is 12.6. The van der Waals surface area contributed by atoms with E-state index >= 15 is 0 Å². The van der Waals surface area contributed by atoms with Crippen LogP contribution in [-0.2, 0) is 14.3 Å². The second kappa shape index (κ2) is 10.7. The highest BCUT2D eigenvalue weighted by atomic mass is 32.1. The van der Waals surface area contributed by atoms with Crippen molar-refractivity contribution in [2.24, 2.45) is 0 Å². The fraction of sp³-hybridized carbons (Fsp3) is 0.318. The van der Waals surface area contributed by atoms with Gasteiger partial charge in [0, 0.05) is 18.2 Å². The maximum Gasteiger partial charge on any atom is 0.348 e. The van der Waals surface area contributed by atoms with Crippen molar-refractivity contribution in [3.05, 3.63) is 62.0 Å². The molecule has 0 aliphatic heterocycles. The molecule has 10 heteroatoms. The SMILES string of the molecule is Cc1c(C(=O)OC(C)C)sc(NC(=O)/C=C\c2cccc([N+](=O)[O-])c2)c1C(=O)OC(C)C. The summed E-state index contributed by atoms with van der Waals surface area (Å²) < 4.78 is 10.5. The average Bonchev–Trinajstić information content (AvgIpc) is 3.01. The van der Waals surface area contributed by atoms with Crippen molar-refractivity contribution in [1.82, 2.24) is 0 Å². The lowest BCUT2D eigenvalue weighted by Crippen LogP contribution is -2.16. The maximum absolute atomic E-state index is 12.6. The molecule has 2 rings (SSSR count). The smallest absolute Gasteiger partial charge is 0.348 e. The van der Waals surface area contributed by atoms with E-state index in [1.807, 2.05) is 0 Å². The summed E-state index contributed by atoms with van der Waals surface area (Å²) in [5.74, 6) is -1.86. The molecule has 0 aliphatic carbocycles. The predicted molar refractivity (Wildman–Crippen MR) is 121 cm³/mol. The third-order valence-electron chi connectivity index (χ3n) is 3.97. The monoisotopic (exact) mass is 460 g/mol. The Morgan fingerprint density at radius 2 is 1.72 bits per heavy atom. The topological polar surface area (TPSA) is 125 Å². The molecule has 1 heterocycles. The molecule has 1 N–H and O–H groups in total. The number of amides is 1. The minimum Gasteiger partial charge on any atom is -0.459 e. The van der Waals surface area contributed by atoms with E-state index < -0.39 is 28.9 Å². The molecule has 32 heavy (non-hydrogen) atoms. The Morgan fingerprint density at radius 3 is 2.31 bits per heavy atom. The number of hydrogen-bond donors (Lipinski definition) is 1. The first-order valence-electron chi connectivity index (χ1n) is 9.78. The van der Waals surface area contributed by atoms with Gasteiger partial charge in [-0.1, -0.05) is 12.1 Å². The molecule has 0 spiro atoms. The lowest BCUT2D eigenvalue weighted by molar-refractivity contribution is -0.384. The number of non-ortho nitro benzene ring substituents is 1. The highest BCUT2D eigenvalue weighted by molar-refractivity contribution is 7.18. The number of benzene rings is 1. The van der Waals surface area contributed by atoms with E-state index in [0.717, 1.165) is 11.3 Å². The summed E-state index contributed by atoms with van der Waals surface area (Å²) in [7, 11) is 0. The van der Waals surface area contributed by atoms with Crippen LogP contribution in [0.25, 0.3) is 6.08 Å². The fourth-order valence-electron chi connectivity index (χ4n) is 2.65. The first kappa shape index (κ1) is 24.7. The van der Waals surface area contributed by atoms with E-state index in [1.54, 1.807) is 40.7 Å². The summed E-state index contributed by atoms with van der Waals surface area (Å²) in [5.41, 5.74) is 0.784. The van der Waals surface area contributed by atoms with Gasteiger partial charge in [-0.05, 0) is 51.8 Å². The van der Waals surface area contributed by atoms with Gasteiger partial charge >= 0.3 is 11.9 Å². The van der Waals surface area contributed by atoms with Crippen LogP contribution in [0.3, 0.4) is 0 Å². The zero-order valence-corrected chi connectivity index (χ0v) is 19.1. The lowest BCUT2D eigenvalue weighted by Gasteiger charge is -2.10. The minimum atomic E-state index is -0.671. The number of esters is 2. The van der Waals surface area contributed by atoms with Gasteiger partial charge in [0.15, 0.2) is 0 Å². The third kappa shape index (κ3) is 6.48. The molecule has 0 unspecified atom stereocenters. The summed E-state index contributed by atoms with van der Waals surface area (Å²) in [6, 6.07) is 5.78. The van der Waals surface area contributed by atoms with Crippen LogP contribution in [0.15, 0.2) is 30.3 Å². The first-order chi connectivity index (χ1) is 15.0. The summed E-state index contributed by atoms with van der Waals surface area (Å²) >= 11 is 0.917. The van der Waals surface area contributed by atoms with Gasteiger partial charge in [-0.2, -0.15) is 0 Å². The molecule has 0 aliphatic rings. The molecular formula is C22H24N2O7S. The van der Waals surface area contributed by atoms with Crippen molar-refractivity contribution in [3.8, 4) is 0 Å². The number of thiophene rings is 1. The standard InChI is InChI=1S/C22H24N2O7S/c1-12(2)30-21(26)18-14(5)19(22(27)31-13(3)4)32-20(18)23-17(25)10-9-15-7-6-8-16(11-15)24(28)29/h6-13H,1-5H3,(H,23,25)/b10-9-. The molecule has 1 aromatic heterocycles. The molecular weight excluding hydrogens is 436 g/mol. The Kier molecular flexibility index (Phi) is 8.25. The number of carbonyl (C=O) groups is 3. The predicted octanol–water partition coefficient (Wildman–Crippen LogP) is 4.75. The minimum absolute atomic E-state index is 0.0801. The zero-order chi connectivity index (χ0) is 24.0. The van der Waals surface area contributed by atoms with Crippen LogP contribution in [0, 0.1) is 17.0 Å². The number of hydrogen-bond acceptors (Lipinski definition) is 8. The number of ether oxygens (including phenoxy) is 2. The Hall–Kier alpha value is -3.53. The van der Waals surface area contributed by atoms with E-state index in [9.17, 15) is 24.5 Å². The van der Waals surface area contributed by atoms with Crippen LogP contribution in [-0.4, -0.2) is 35.0 Å². The highest BCUT2D eigenvalue weighted by Crippen LogP contribution is 2.34. The summed E-state index contributed by atoms with van der Waals surface area (Å²) in [6.45, 7) is 8.37. The van der Waals surface area contributed by atoms with Gasteiger partial charge in [-0.15, -0.1) is 11.3 Å². The average molecular weight is 461 g/mol. The fourth-order valence-corrected chi connectivity index (χ4v) is 3.73. The number of nitro groups is 1. The largest absolute Gasteiger partial charge is 0.459 e. The lowest BCUT2D eigenvalue weighted by atomic mass is 10.1. The molecule has 1 aromatic carbocycles. The van der Waals surface area contributed by atoms with Crippen LogP contribution in [0.1, 0.15) is 58.9 Å². The summed E-state index contributed by atoms with van der Waals surface area (Å²) in [4.78, 5) is 48.1. The van der Waals surface area contributed by atoms with E-state index in [4.69, 9.17) is 9.47 Å². The molecule has 0 atom stereocenters. The van der Waals surface area contributed by atoms with Crippen molar-refractivity contribution >= 4 is 45.9 Å². The molecule has 0 fully saturated rings. The van der Waals surface area contributed by atoms with Gasteiger partial charge in [0.1, 0.15) is 9.88 Å². The van der Waals surface area contributed by atoms with Gasteiger partial charge in [0.2, 0.25) is 5.91 Å². The van der Waals surface area contributed by atoms with E-state index in [0.29, 0.717) is 11.1 Å². The number of carbonyl (C=O) groups excluding carboxylic acids is 3. The molecule has 2 aromatic rings. The number of nitro benzene ring substituents is 1. The van der Waals surface area contributed by atoms with E-state index in [2.05, 4.69) is 5.32 Å². The van der Waals surface area contributed by atoms with Crippen molar-refractivity contribution < 1.29 is 28.8 Å². The quantitative estimate of drug-likeness (QED) is 0.261. The molecule has 9 nitrogen and oxygen atoms in total. The van der Waals surface area contributed by atoms with Gasteiger partial charge in [0.25, 0.3) is 5.69 Å². The van der Waals surface area contributed by atoms with Crippen LogP contribution in [0.5, 0.6) is 0 Å². The van der Waals surface area contributed by atoms with Crippen LogP contribution in [0.4, 0.5) is 10.7 Å². The van der Waals surface area contributed by atoms with Gasteiger partial charge in [-0.25, -0.2) is 9.59 Å². The molecule has 0 saturated heterocycles. The normalized spacial score (nSPS) is 11.1. The molecule has 0 saturated carbocycles. The second-order valence-electron chi connectivity index (χ2n) is 7.34. The first-order valence-corrected chi connectivity index (χ1v) is 10.6. The molecule has 1 amide bonds. The van der Waals surface area contributed by atoms with Gasteiger partial charge in [0.05, 0.1) is 22.7 Å². The summed E-state index contributed by atoms with van der Waals surface area (Å²) in [5, 5.41) is 13.6. The second-order valence-corrected chi connectivity index (χ2v) is 8.36. The number of anilines is 1.